The average Bonchev–Trinajstić information content (AvgIpc) is 2.92. The summed E-state index contributed by atoms with van der Waals surface area (Å²) in [5.41, 5.74) is 1.03. The van der Waals surface area contributed by atoms with E-state index in [1.54, 1.807) is 30.3 Å². The number of anilines is 1. The number of imide groups is 1. The summed E-state index contributed by atoms with van der Waals surface area (Å²) in [6.45, 7) is 0. The zero-order chi connectivity index (χ0) is 19.3. The first-order valence-electron chi connectivity index (χ1n) is 8.26. The van der Waals surface area contributed by atoms with E-state index in [2.05, 4.69) is 0 Å². The molecule has 0 atom stereocenters. The van der Waals surface area contributed by atoms with E-state index in [0.29, 0.717) is 9.69 Å². The van der Waals surface area contributed by atoms with Crippen molar-refractivity contribution in [3.8, 4) is 0 Å². The largest absolute Gasteiger partial charge is 0.377 e. The summed E-state index contributed by atoms with van der Waals surface area (Å²) in [6.07, 6.45) is 0. The fourth-order valence-corrected chi connectivity index (χ4v) is 4.90. The van der Waals surface area contributed by atoms with E-state index < -0.39 is 21.8 Å². The number of hydrogen-bond acceptors (Lipinski definition) is 5. The van der Waals surface area contributed by atoms with E-state index in [-0.39, 0.29) is 16.0 Å². The third kappa shape index (κ3) is 2.43. The second kappa shape index (κ2) is 5.92. The second-order valence-corrected chi connectivity index (χ2v) is 8.20. The van der Waals surface area contributed by atoms with Crippen LogP contribution in [0.25, 0.3) is 10.8 Å². The average molecular weight is 380 g/mol. The molecule has 0 fully saturated rings. The van der Waals surface area contributed by atoms with Gasteiger partial charge in [-0.05, 0) is 24.3 Å². The van der Waals surface area contributed by atoms with E-state index in [4.69, 9.17) is 0 Å². The monoisotopic (exact) mass is 380 g/mol. The fourth-order valence-electron chi connectivity index (χ4n) is 3.36. The maximum atomic E-state index is 13.3. The molecule has 1 heterocycles. The third-order valence-corrected chi connectivity index (χ3v) is 6.34. The summed E-state index contributed by atoms with van der Waals surface area (Å²) in [5.74, 6) is -1.65. The van der Waals surface area contributed by atoms with E-state index in [9.17, 15) is 18.0 Å². The third-order valence-electron chi connectivity index (χ3n) is 4.62. The Morgan fingerprint density at radius 3 is 1.89 bits per heavy atom. The first kappa shape index (κ1) is 17.2. The quantitative estimate of drug-likeness (QED) is 0.653. The summed E-state index contributed by atoms with van der Waals surface area (Å²) >= 11 is 0. The van der Waals surface area contributed by atoms with Gasteiger partial charge in [0.2, 0.25) is 0 Å². The van der Waals surface area contributed by atoms with Gasteiger partial charge in [0, 0.05) is 30.6 Å². The molecule has 6 nitrogen and oxygen atoms in total. The van der Waals surface area contributed by atoms with Crippen LogP contribution in [0, 0.1) is 0 Å². The number of sulfonamides is 1. The zero-order valence-corrected chi connectivity index (χ0v) is 15.5. The van der Waals surface area contributed by atoms with E-state index in [1.807, 2.05) is 31.1 Å². The molecule has 0 saturated carbocycles. The Bertz CT molecular complexity index is 1180. The van der Waals surface area contributed by atoms with E-state index >= 15 is 0 Å². The smallest absolute Gasteiger partial charge is 0.275 e. The molecule has 3 aromatic carbocycles. The molecule has 1 aliphatic rings. The number of nitrogens with zero attached hydrogens (tertiary/aromatic N) is 2. The standard InChI is InChI=1S/C20H16N2O4S/c1-21(2)17-11-5-10-14-13(17)9-6-12-18(14)27(25,26)22-19(23)15-7-3-4-8-16(15)20(22)24/h3-12H,1-2H3. The maximum absolute atomic E-state index is 13.3. The lowest BCUT2D eigenvalue weighted by molar-refractivity contribution is 0.0765. The number of carbonyl (C=O) groups is 2. The van der Waals surface area contributed by atoms with Crippen LogP contribution in [0.1, 0.15) is 20.7 Å². The van der Waals surface area contributed by atoms with Gasteiger partial charge in [-0.25, -0.2) is 8.42 Å². The van der Waals surface area contributed by atoms with Gasteiger partial charge in [-0.1, -0.05) is 36.4 Å². The zero-order valence-electron chi connectivity index (χ0n) is 14.7. The first-order valence-corrected chi connectivity index (χ1v) is 9.70. The Kier molecular flexibility index (Phi) is 3.78. The van der Waals surface area contributed by atoms with Gasteiger partial charge in [-0.3, -0.25) is 9.59 Å². The van der Waals surface area contributed by atoms with Crippen molar-refractivity contribution in [2.24, 2.45) is 0 Å². The summed E-state index contributed by atoms with van der Waals surface area (Å²) < 4.78 is 26.9. The minimum Gasteiger partial charge on any atom is -0.377 e. The van der Waals surface area contributed by atoms with Crippen LogP contribution in [0.4, 0.5) is 5.69 Å². The van der Waals surface area contributed by atoms with E-state index in [1.165, 1.54) is 18.2 Å². The summed E-state index contributed by atoms with van der Waals surface area (Å²) in [4.78, 5) is 27.1. The normalized spacial score (nSPS) is 13.9. The predicted molar refractivity (Wildman–Crippen MR) is 102 cm³/mol. The highest BCUT2D eigenvalue weighted by Crippen LogP contribution is 2.34. The van der Waals surface area contributed by atoms with Crippen LogP contribution in [0.2, 0.25) is 0 Å². The lowest BCUT2D eigenvalue weighted by Crippen LogP contribution is -2.36. The van der Waals surface area contributed by atoms with Gasteiger partial charge in [0.25, 0.3) is 21.8 Å². The molecule has 0 N–H and O–H groups in total. The molecule has 0 aliphatic carbocycles. The minimum atomic E-state index is -4.36. The van der Waals surface area contributed by atoms with Gasteiger partial charge < -0.3 is 4.90 Å². The molecular formula is C20H16N2O4S. The Morgan fingerprint density at radius 1 is 0.741 bits per heavy atom. The van der Waals surface area contributed by atoms with Crippen LogP contribution in [0.5, 0.6) is 0 Å². The molecular weight excluding hydrogens is 364 g/mol. The van der Waals surface area contributed by atoms with Gasteiger partial charge >= 0.3 is 0 Å². The summed E-state index contributed by atoms with van der Waals surface area (Å²) in [7, 11) is -0.636. The van der Waals surface area contributed by atoms with Crippen LogP contribution >= 0.6 is 0 Å². The van der Waals surface area contributed by atoms with E-state index in [0.717, 1.165) is 11.1 Å². The molecule has 0 saturated heterocycles. The summed E-state index contributed by atoms with van der Waals surface area (Å²) in [6, 6.07) is 16.2. The second-order valence-electron chi connectivity index (χ2n) is 6.45. The highest BCUT2D eigenvalue weighted by atomic mass is 32.2. The number of benzene rings is 3. The van der Waals surface area contributed by atoms with Crippen LogP contribution in [0.15, 0.2) is 65.6 Å². The Hall–Kier alpha value is -3.19. The molecule has 0 spiro atoms. The molecule has 27 heavy (non-hydrogen) atoms. The number of carbonyl (C=O) groups excluding carboxylic acids is 2. The lowest BCUT2D eigenvalue weighted by Gasteiger charge is -2.19. The van der Waals surface area contributed by atoms with Gasteiger partial charge in [-0.2, -0.15) is 4.31 Å². The van der Waals surface area contributed by atoms with Gasteiger partial charge in [-0.15, -0.1) is 0 Å². The lowest BCUT2D eigenvalue weighted by atomic mass is 10.1. The maximum Gasteiger partial charge on any atom is 0.275 e. The predicted octanol–water partition coefficient (Wildman–Crippen LogP) is 2.89. The first-order chi connectivity index (χ1) is 12.8. The molecule has 0 bridgehead atoms. The van der Waals surface area contributed by atoms with Crippen molar-refractivity contribution in [3.05, 3.63) is 71.8 Å². The van der Waals surface area contributed by atoms with Crippen molar-refractivity contribution in [2.45, 2.75) is 4.90 Å². The fraction of sp³-hybridized carbons (Fsp3) is 0.100. The van der Waals surface area contributed by atoms with Gasteiger partial charge in [0.1, 0.15) is 0 Å². The molecule has 3 aromatic rings. The van der Waals surface area contributed by atoms with Crippen molar-refractivity contribution >= 4 is 38.3 Å². The Balaban J connectivity index is 1.93. The van der Waals surface area contributed by atoms with Crippen LogP contribution < -0.4 is 4.90 Å². The van der Waals surface area contributed by atoms with Crippen molar-refractivity contribution in [3.63, 3.8) is 0 Å². The molecule has 0 radical (unpaired) electrons. The molecule has 0 unspecified atom stereocenters. The Labute approximate surface area is 156 Å². The van der Waals surface area contributed by atoms with Gasteiger partial charge in [0.05, 0.1) is 16.0 Å². The van der Waals surface area contributed by atoms with Crippen LogP contribution in [0.3, 0.4) is 0 Å². The minimum absolute atomic E-state index is 0.0711. The van der Waals surface area contributed by atoms with Crippen LogP contribution in [-0.2, 0) is 10.0 Å². The molecule has 2 amide bonds. The van der Waals surface area contributed by atoms with Crippen molar-refractivity contribution in [2.75, 3.05) is 19.0 Å². The summed E-state index contributed by atoms with van der Waals surface area (Å²) in [5, 5.41) is 1.18. The van der Waals surface area contributed by atoms with Gasteiger partial charge in [0.15, 0.2) is 0 Å². The molecule has 0 aromatic heterocycles. The number of amides is 2. The number of hydrogen-bond donors (Lipinski definition) is 0. The van der Waals surface area contributed by atoms with Crippen molar-refractivity contribution < 1.29 is 18.0 Å². The number of fused-ring (bicyclic) bond motifs is 2. The molecule has 4 rings (SSSR count). The SMILES string of the molecule is CN(C)c1cccc2c(S(=O)(=O)N3C(=O)c4ccccc4C3=O)cccc12. The Morgan fingerprint density at radius 2 is 1.30 bits per heavy atom. The molecule has 7 heteroatoms. The highest BCUT2D eigenvalue weighted by molar-refractivity contribution is 7.90. The number of rotatable bonds is 3. The van der Waals surface area contributed by atoms with Crippen LogP contribution in [-0.4, -0.2) is 38.6 Å². The molecule has 136 valence electrons. The topological polar surface area (TPSA) is 74.8 Å². The van der Waals surface area contributed by atoms with Crippen molar-refractivity contribution in [1.29, 1.82) is 0 Å². The highest BCUT2D eigenvalue weighted by Gasteiger charge is 2.44. The molecule has 1 aliphatic heterocycles. The van der Waals surface area contributed by atoms with Crippen molar-refractivity contribution in [1.82, 2.24) is 4.31 Å².